The molecule has 2 N–H and O–H groups in total. The van der Waals surface area contributed by atoms with Gasteiger partial charge >= 0.3 is 0 Å². The van der Waals surface area contributed by atoms with Gasteiger partial charge in [-0.3, -0.25) is 9.59 Å². The van der Waals surface area contributed by atoms with E-state index in [1.165, 1.54) is 0 Å². The van der Waals surface area contributed by atoms with Crippen LogP contribution in [-0.4, -0.2) is 35.7 Å². The molecule has 1 saturated heterocycles. The molecule has 68 valence electrons. The number of nitrogens with zero attached hydrogens (tertiary/aromatic N) is 1. The van der Waals surface area contributed by atoms with E-state index in [0.29, 0.717) is 0 Å². The molecule has 1 rings (SSSR count). The van der Waals surface area contributed by atoms with E-state index >= 15 is 0 Å². The van der Waals surface area contributed by atoms with Crippen molar-refractivity contribution in [1.82, 2.24) is 4.90 Å². The lowest BCUT2D eigenvalue weighted by Gasteiger charge is -2.14. The Hall–Kier alpha value is -1.20. The highest BCUT2D eigenvalue weighted by Crippen LogP contribution is 2.30. The van der Waals surface area contributed by atoms with E-state index in [-0.39, 0.29) is 6.41 Å². The third-order valence-electron chi connectivity index (χ3n) is 1.77. The number of rotatable bonds is 2. The summed E-state index contributed by atoms with van der Waals surface area (Å²) >= 11 is 0. The summed E-state index contributed by atoms with van der Waals surface area (Å²) in [5.74, 6) is -3.88. The van der Waals surface area contributed by atoms with Crippen LogP contribution in [0.4, 0.5) is 8.78 Å². The SMILES string of the molecule is NC(=O)[C@@H]1CC(F)(F)CN1C=O. The lowest BCUT2D eigenvalue weighted by molar-refractivity contribution is -0.129. The Morgan fingerprint density at radius 2 is 2.25 bits per heavy atom. The number of hydrogen-bond acceptors (Lipinski definition) is 2. The second-order valence-electron chi connectivity index (χ2n) is 2.76. The van der Waals surface area contributed by atoms with E-state index in [9.17, 15) is 18.4 Å². The fraction of sp³-hybridized carbons (Fsp3) is 0.667. The van der Waals surface area contributed by atoms with Gasteiger partial charge in [0.05, 0.1) is 6.54 Å². The minimum Gasteiger partial charge on any atom is -0.368 e. The van der Waals surface area contributed by atoms with E-state index in [1.54, 1.807) is 0 Å². The van der Waals surface area contributed by atoms with Crippen LogP contribution < -0.4 is 5.73 Å². The van der Waals surface area contributed by atoms with Crippen LogP contribution in [0.2, 0.25) is 0 Å². The smallest absolute Gasteiger partial charge is 0.267 e. The first kappa shape index (κ1) is 8.89. The zero-order valence-electron chi connectivity index (χ0n) is 6.17. The van der Waals surface area contributed by atoms with Crippen molar-refractivity contribution < 1.29 is 18.4 Å². The van der Waals surface area contributed by atoms with Crippen molar-refractivity contribution in [1.29, 1.82) is 0 Å². The summed E-state index contributed by atoms with van der Waals surface area (Å²) in [6, 6.07) is -1.16. The highest BCUT2D eigenvalue weighted by Gasteiger charge is 2.46. The zero-order valence-corrected chi connectivity index (χ0v) is 6.17. The van der Waals surface area contributed by atoms with Crippen molar-refractivity contribution in [3.05, 3.63) is 0 Å². The van der Waals surface area contributed by atoms with Crippen LogP contribution in [0.1, 0.15) is 6.42 Å². The van der Waals surface area contributed by atoms with Crippen LogP contribution in [0, 0.1) is 0 Å². The molecule has 1 fully saturated rings. The topological polar surface area (TPSA) is 63.4 Å². The van der Waals surface area contributed by atoms with Crippen LogP contribution in [0.5, 0.6) is 0 Å². The normalized spacial score (nSPS) is 27.2. The molecular weight excluding hydrogens is 170 g/mol. The summed E-state index contributed by atoms with van der Waals surface area (Å²) in [6.07, 6.45) is -0.447. The van der Waals surface area contributed by atoms with Gasteiger partial charge in [0, 0.05) is 6.42 Å². The van der Waals surface area contributed by atoms with Gasteiger partial charge in [-0.15, -0.1) is 0 Å². The second kappa shape index (κ2) is 2.69. The Morgan fingerprint density at radius 3 is 2.58 bits per heavy atom. The third-order valence-corrected chi connectivity index (χ3v) is 1.77. The Morgan fingerprint density at radius 1 is 1.67 bits per heavy atom. The quantitative estimate of drug-likeness (QED) is 0.570. The fourth-order valence-electron chi connectivity index (χ4n) is 1.22. The molecule has 0 radical (unpaired) electrons. The number of alkyl halides is 2. The number of carbonyl (C=O) groups excluding carboxylic acids is 2. The van der Waals surface area contributed by atoms with E-state index < -0.39 is 30.8 Å². The van der Waals surface area contributed by atoms with E-state index in [0.717, 1.165) is 4.90 Å². The number of hydrogen-bond donors (Lipinski definition) is 1. The Balaban J connectivity index is 2.76. The summed E-state index contributed by atoms with van der Waals surface area (Å²) in [5.41, 5.74) is 4.81. The van der Waals surface area contributed by atoms with E-state index in [1.807, 2.05) is 0 Å². The monoisotopic (exact) mass is 178 g/mol. The lowest BCUT2D eigenvalue weighted by atomic mass is 10.2. The van der Waals surface area contributed by atoms with Crippen molar-refractivity contribution in [2.24, 2.45) is 5.73 Å². The molecule has 1 atom stereocenters. The highest BCUT2D eigenvalue weighted by atomic mass is 19.3. The van der Waals surface area contributed by atoms with Crippen molar-refractivity contribution in [2.75, 3.05) is 6.54 Å². The number of likely N-dealkylation sites (tertiary alicyclic amines) is 1. The maximum Gasteiger partial charge on any atom is 0.267 e. The van der Waals surface area contributed by atoms with Crippen LogP contribution in [-0.2, 0) is 9.59 Å². The maximum absolute atomic E-state index is 12.6. The molecular formula is C6H8F2N2O2. The molecule has 1 aliphatic heterocycles. The molecule has 0 aromatic heterocycles. The molecule has 1 aliphatic rings. The molecule has 0 aliphatic carbocycles. The van der Waals surface area contributed by atoms with E-state index in [4.69, 9.17) is 5.73 Å². The van der Waals surface area contributed by atoms with Crippen molar-refractivity contribution in [3.8, 4) is 0 Å². The molecule has 12 heavy (non-hydrogen) atoms. The maximum atomic E-state index is 12.6. The second-order valence-corrected chi connectivity index (χ2v) is 2.76. The third kappa shape index (κ3) is 1.51. The molecule has 6 heteroatoms. The molecule has 0 spiro atoms. The van der Waals surface area contributed by atoms with Crippen molar-refractivity contribution in [2.45, 2.75) is 18.4 Å². The number of halogens is 2. The summed E-state index contributed by atoms with van der Waals surface area (Å²) in [6.45, 7) is -0.718. The Labute approximate surface area is 67.3 Å². The summed E-state index contributed by atoms with van der Waals surface area (Å²) in [4.78, 5) is 21.5. The van der Waals surface area contributed by atoms with Crippen LogP contribution >= 0.6 is 0 Å². The van der Waals surface area contributed by atoms with Gasteiger partial charge < -0.3 is 10.6 Å². The van der Waals surface area contributed by atoms with Crippen molar-refractivity contribution in [3.63, 3.8) is 0 Å². The van der Waals surface area contributed by atoms with E-state index in [2.05, 4.69) is 0 Å². The first-order valence-electron chi connectivity index (χ1n) is 3.34. The number of primary amides is 1. The minimum absolute atomic E-state index is 0.219. The minimum atomic E-state index is -2.99. The average molecular weight is 178 g/mol. The van der Waals surface area contributed by atoms with Gasteiger partial charge in [0.15, 0.2) is 0 Å². The molecule has 2 amide bonds. The van der Waals surface area contributed by atoms with Gasteiger partial charge in [-0.2, -0.15) is 0 Å². The lowest BCUT2D eigenvalue weighted by Crippen LogP contribution is -2.39. The largest absolute Gasteiger partial charge is 0.368 e. The van der Waals surface area contributed by atoms with Gasteiger partial charge in [-0.05, 0) is 0 Å². The first-order valence-corrected chi connectivity index (χ1v) is 3.34. The molecule has 1 heterocycles. The van der Waals surface area contributed by atoms with Gasteiger partial charge in [-0.25, -0.2) is 8.78 Å². The molecule has 0 saturated carbocycles. The number of carbonyl (C=O) groups is 2. The van der Waals surface area contributed by atoms with Gasteiger partial charge in [0.1, 0.15) is 6.04 Å². The molecule has 0 aromatic rings. The predicted molar refractivity (Wildman–Crippen MR) is 35.3 cm³/mol. The fourth-order valence-corrected chi connectivity index (χ4v) is 1.22. The standard InChI is InChI=1S/C6H8F2N2O2/c7-6(8)1-4(5(9)12)10(2-6)3-11/h3-4H,1-2H2,(H2,9,12)/t4-/m0/s1. The predicted octanol–water partition coefficient (Wildman–Crippen LogP) is -0.662. The van der Waals surface area contributed by atoms with Crippen molar-refractivity contribution >= 4 is 12.3 Å². The van der Waals surface area contributed by atoms with Gasteiger partial charge in [0.2, 0.25) is 12.3 Å². The molecule has 0 unspecified atom stereocenters. The summed E-state index contributed by atoms with van der Waals surface area (Å²) in [7, 11) is 0. The Bertz CT molecular complexity index is 220. The number of nitrogens with two attached hydrogens (primary N) is 1. The van der Waals surface area contributed by atoms with Crippen LogP contribution in [0.25, 0.3) is 0 Å². The summed E-state index contributed by atoms with van der Waals surface area (Å²) < 4.78 is 25.2. The highest BCUT2D eigenvalue weighted by molar-refractivity contribution is 5.82. The van der Waals surface area contributed by atoms with Crippen LogP contribution in [0.15, 0.2) is 0 Å². The number of amides is 2. The van der Waals surface area contributed by atoms with Gasteiger partial charge in [0.25, 0.3) is 5.92 Å². The first-order chi connectivity index (χ1) is 5.46. The molecule has 0 bridgehead atoms. The zero-order chi connectivity index (χ0) is 9.35. The van der Waals surface area contributed by atoms with Gasteiger partial charge in [-0.1, -0.05) is 0 Å². The average Bonchev–Trinajstić information content (AvgIpc) is 2.25. The van der Waals surface area contributed by atoms with Crippen LogP contribution in [0.3, 0.4) is 0 Å². The summed E-state index contributed by atoms with van der Waals surface area (Å²) in [5, 5.41) is 0. The Kier molecular flexibility index (Phi) is 1.99. The molecule has 0 aromatic carbocycles. The molecule has 4 nitrogen and oxygen atoms in total.